The van der Waals surface area contributed by atoms with E-state index in [4.69, 9.17) is 9.84 Å². The zero-order chi connectivity index (χ0) is 12.0. The maximum atomic E-state index is 11.4. The summed E-state index contributed by atoms with van der Waals surface area (Å²) in [5.74, 6) is -1.38. The first kappa shape index (κ1) is 12.9. The van der Waals surface area contributed by atoms with E-state index in [-0.39, 0.29) is 24.7 Å². The molecule has 0 radical (unpaired) electrons. The van der Waals surface area contributed by atoms with Gasteiger partial charge in [-0.15, -0.1) is 0 Å². The number of rotatable bonds is 6. The third-order valence-electron chi connectivity index (χ3n) is 2.56. The number of hydrogen-bond acceptors (Lipinski definition) is 4. The van der Waals surface area contributed by atoms with Crippen molar-refractivity contribution in [1.29, 1.82) is 0 Å². The molecular formula is C10H17NO5. The van der Waals surface area contributed by atoms with Crippen LogP contribution < -0.4 is 5.32 Å². The minimum absolute atomic E-state index is 0.0194. The largest absolute Gasteiger partial charge is 0.480 e. The highest BCUT2D eigenvalue weighted by molar-refractivity contribution is 5.78. The molecule has 0 aromatic rings. The quantitative estimate of drug-likeness (QED) is 0.659. The lowest BCUT2D eigenvalue weighted by atomic mass is 10.2. The van der Waals surface area contributed by atoms with Crippen molar-refractivity contribution in [2.45, 2.75) is 31.4 Å². The smallest absolute Gasteiger partial charge is 0.329 e. The van der Waals surface area contributed by atoms with Gasteiger partial charge in [0.1, 0.15) is 13.2 Å². The number of carboxylic acid groups (broad SMARTS) is 1. The van der Waals surface area contributed by atoms with Crippen molar-refractivity contribution in [3.05, 3.63) is 0 Å². The van der Waals surface area contributed by atoms with Crippen LogP contribution in [0.3, 0.4) is 0 Å². The summed E-state index contributed by atoms with van der Waals surface area (Å²) < 4.78 is 9.90. The summed E-state index contributed by atoms with van der Waals surface area (Å²) in [5.41, 5.74) is 0. The van der Waals surface area contributed by atoms with E-state index in [1.54, 1.807) is 7.11 Å². The Morgan fingerprint density at radius 2 is 2.12 bits per heavy atom. The second kappa shape index (κ2) is 6.44. The second-order valence-electron chi connectivity index (χ2n) is 3.77. The molecule has 2 atom stereocenters. The molecule has 1 fully saturated rings. The number of carbonyl (C=O) groups is 2. The van der Waals surface area contributed by atoms with Crippen molar-refractivity contribution in [3.8, 4) is 0 Å². The molecule has 0 aromatic heterocycles. The van der Waals surface area contributed by atoms with Crippen molar-refractivity contribution in [3.63, 3.8) is 0 Å². The Labute approximate surface area is 93.9 Å². The van der Waals surface area contributed by atoms with E-state index in [1.165, 1.54) is 0 Å². The van der Waals surface area contributed by atoms with Crippen LogP contribution in [0, 0.1) is 0 Å². The number of amides is 1. The molecule has 2 N–H and O–H groups in total. The average molecular weight is 231 g/mol. The van der Waals surface area contributed by atoms with Crippen LogP contribution in [0.2, 0.25) is 0 Å². The van der Waals surface area contributed by atoms with E-state index in [9.17, 15) is 9.59 Å². The van der Waals surface area contributed by atoms with Gasteiger partial charge in [-0.3, -0.25) is 4.79 Å². The molecule has 6 heteroatoms. The zero-order valence-corrected chi connectivity index (χ0v) is 9.27. The van der Waals surface area contributed by atoms with E-state index in [1.807, 2.05) is 0 Å². The van der Waals surface area contributed by atoms with Crippen LogP contribution in [-0.2, 0) is 19.1 Å². The Morgan fingerprint density at radius 1 is 1.38 bits per heavy atom. The zero-order valence-electron chi connectivity index (χ0n) is 9.27. The van der Waals surface area contributed by atoms with Crippen LogP contribution in [0.5, 0.6) is 0 Å². The predicted molar refractivity (Wildman–Crippen MR) is 55.0 cm³/mol. The molecule has 2 unspecified atom stereocenters. The molecule has 6 nitrogen and oxygen atoms in total. The topological polar surface area (TPSA) is 84.9 Å². The Kier molecular flexibility index (Phi) is 5.21. The molecule has 0 aromatic carbocycles. The molecule has 0 saturated heterocycles. The molecular weight excluding hydrogens is 214 g/mol. The summed E-state index contributed by atoms with van der Waals surface area (Å²) in [6, 6.07) is 0.0194. The van der Waals surface area contributed by atoms with Gasteiger partial charge in [0.25, 0.3) is 0 Å². The SMILES string of the molecule is COC1CCCC1NC(=O)COCC(=O)O. The first-order chi connectivity index (χ1) is 7.63. The second-order valence-corrected chi connectivity index (χ2v) is 3.77. The van der Waals surface area contributed by atoms with Crippen molar-refractivity contribution >= 4 is 11.9 Å². The average Bonchev–Trinajstić information content (AvgIpc) is 2.64. The Balaban J connectivity index is 2.20. The van der Waals surface area contributed by atoms with Gasteiger partial charge in [0.15, 0.2) is 0 Å². The van der Waals surface area contributed by atoms with E-state index < -0.39 is 12.6 Å². The Hall–Kier alpha value is -1.14. The molecule has 0 spiro atoms. The van der Waals surface area contributed by atoms with Crippen LogP contribution in [0.4, 0.5) is 0 Å². The molecule has 1 aliphatic rings. The maximum Gasteiger partial charge on any atom is 0.329 e. The van der Waals surface area contributed by atoms with Crippen LogP contribution in [0.25, 0.3) is 0 Å². The number of methoxy groups -OCH3 is 1. The van der Waals surface area contributed by atoms with Crippen LogP contribution >= 0.6 is 0 Å². The molecule has 92 valence electrons. The highest BCUT2D eigenvalue weighted by Gasteiger charge is 2.28. The highest BCUT2D eigenvalue weighted by Crippen LogP contribution is 2.21. The van der Waals surface area contributed by atoms with Crippen molar-refractivity contribution < 1.29 is 24.2 Å². The lowest BCUT2D eigenvalue weighted by Gasteiger charge is -2.19. The van der Waals surface area contributed by atoms with E-state index >= 15 is 0 Å². The van der Waals surface area contributed by atoms with Crippen LogP contribution in [0.1, 0.15) is 19.3 Å². The molecule has 1 aliphatic carbocycles. The van der Waals surface area contributed by atoms with Crippen LogP contribution in [-0.4, -0.2) is 49.5 Å². The van der Waals surface area contributed by atoms with E-state index in [0.29, 0.717) is 0 Å². The molecule has 1 saturated carbocycles. The molecule has 1 rings (SSSR count). The Bertz CT molecular complexity index is 256. The molecule has 0 bridgehead atoms. The first-order valence-corrected chi connectivity index (χ1v) is 5.25. The lowest BCUT2D eigenvalue weighted by molar-refractivity contribution is -0.143. The summed E-state index contributed by atoms with van der Waals surface area (Å²) in [6.45, 7) is -0.676. The van der Waals surface area contributed by atoms with Gasteiger partial charge in [0.2, 0.25) is 5.91 Å². The number of ether oxygens (including phenoxy) is 2. The number of nitrogens with one attached hydrogen (secondary N) is 1. The van der Waals surface area contributed by atoms with Gasteiger partial charge < -0.3 is 19.9 Å². The number of carboxylic acids is 1. The van der Waals surface area contributed by atoms with E-state index in [0.717, 1.165) is 19.3 Å². The van der Waals surface area contributed by atoms with E-state index in [2.05, 4.69) is 10.1 Å². The minimum atomic E-state index is -1.08. The number of aliphatic carboxylic acids is 1. The molecule has 0 heterocycles. The van der Waals surface area contributed by atoms with Crippen molar-refractivity contribution in [1.82, 2.24) is 5.32 Å². The standard InChI is InChI=1S/C10H17NO5/c1-15-8-4-2-3-7(8)11-9(12)5-16-6-10(13)14/h7-8H,2-6H2,1H3,(H,11,12)(H,13,14). The Morgan fingerprint density at radius 3 is 2.75 bits per heavy atom. The first-order valence-electron chi connectivity index (χ1n) is 5.25. The van der Waals surface area contributed by atoms with Crippen LogP contribution in [0.15, 0.2) is 0 Å². The van der Waals surface area contributed by atoms with Gasteiger partial charge in [-0.1, -0.05) is 0 Å². The molecule has 0 aliphatic heterocycles. The summed E-state index contributed by atoms with van der Waals surface area (Å²) in [7, 11) is 1.62. The fourth-order valence-corrected chi connectivity index (χ4v) is 1.85. The lowest BCUT2D eigenvalue weighted by Crippen LogP contribution is -2.42. The normalized spacial score (nSPS) is 24.3. The van der Waals surface area contributed by atoms with Crippen molar-refractivity contribution in [2.24, 2.45) is 0 Å². The fourth-order valence-electron chi connectivity index (χ4n) is 1.85. The third kappa shape index (κ3) is 4.16. The van der Waals surface area contributed by atoms with Gasteiger partial charge >= 0.3 is 5.97 Å². The summed E-state index contributed by atoms with van der Waals surface area (Å²) in [5, 5.41) is 11.1. The van der Waals surface area contributed by atoms with Gasteiger partial charge in [-0.25, -0.2) is 4.79 Å². The van der Waals surface area contributed by atoms with Gasteiger partial charge in [-0.05, 0) is 19.3 Å². The summed E-state index contributed by atoms with van der Waals surface area (Å²) in [4.78, 5) is 21.5. The number of carbonyl (C=O) groups excluding carboxylic acids is 1. The minimum Gasteiger partial charge on any atom is -0.480 e. The molecule has 1 amide bonds. The molecule has 16 heavy (non-hydrogen) atoms. The highest BCUT2D eigenvalue weighted by atomic mass is 16.5. The number of hydrogen-bond donors (Lipinski definition) is 2. The maximum absolute atomic E-state index is 11.4. The van der Waals surface area contributed by atoms with Gasteiger partial charge in [0, 0.05) is 7.11 Å². The predicted octanol–water partition coefficient (Wildman–Crippen LogP) is -0.229. The monoisotopic (exact) mass is 231 g/mol. The third-order valence-corrected chi connectivity index (χ3v) is 2.56. The van der Waals surface area contributed by atoms with Crippen molar-refractivity contribution in [2.75, 3.05) is 20.3 Å². The van der Waals surface area contributed by atoms with Gasteiger partial charge in [-0.2, -0.15) is 0 Å². The summed E-state index contributed by atoms with van der Waals surface area (Å²) in [6.07, 6.45) is 2.92. The van der Waals surface area contributed by atoms with Gasteiger partial charge in [0.05, 0.1) is 12.1 Å². The summed E-state index contributed by atoms with van der Waals surface area (Å²) >= 11 is 0. The fraction of sp³-hybridized carbons (Fsp3) is 0.800.